The van der Waals surface area contributed by atoms with Crippen molar-refractivity contribution in [2.75, 3.05) is 13.2 Å². The quantitative estimate of drug-likeness (QED) is 0.384. The van der Waals surface area contributed by atoms with Crippen LogP contribution in [0.5, 0.6) is 0 Å². The first kappa shape index (κ1) is 6.96. The molecule has 0 aromatic rings. The Morgan fingerprint density at radius 3 is 2.50 bits per heavy atom. The van der Waals surface area contributed by atoms with Gasteiger partial charge in [-0.15, -0.1) is 0 Å². The van der Waals surface area contributed by atoms with Gasteiger partial charge in [0.15, 0.2) is 0 Å². The summed E-state index contributed by atoms with van der Waals surface area (Å²) in [5.74, 6) is 0. The summed E-state index contributed by atoms with van der Waals surface area (Å²) in [6.07, 6.45) is 3.29. The van der Waals surface area contributed by atoms with Gasteiger partial charge in [0, 0.05) is 13.2 Å². The fourth-order valence-electron chi connectivity index (χ4n) is 0.417. The van der Waals surface area contributed by atoms with Crippen LogP contribution >= 0.6 is 0 Å². The van der Waals surface area contributed by atoms with Crippen molar-refractivity contribution >= 4 is 29.6 Å². The molecule has 0 aromatic carbocycles. The number of hydrogen-bond acceptors (Lipinski definition) is 1. The fourth-order valence-corrected chi connectivity index (χ4v) is 0.417. The maximum atomic E-state index is 4.89. The second kappa shape index (κ2) is 4.13. The van der Waals surface area contributed by atoms with Gasteiger partial charge in [0.2, 0.25) is 0 Å². The molecule has 2 heteroatoms. The van der Waals surface area contributed by atoms with Crippen LogP contribution in [0.15, 0.2) is 0 Å². The minimum absolute atomic E-state index is 0. The van der Waals surface area contributed by atoms with E-state index >= 15 is 0 Å². The molecule has 0 spiro atoms. The molecule has 0 saturated carbocycles. The van der Waals surface area contributed by atoms with E-state index in [1.807, 2.05) is 0 Å². The van der Waals surface area contributed by atoms with Gasteiger partial charge in [-0.2, -0.15) is 0 Å². The number of ether oxygens (including phenoxy) is 1. The predicted molar refractivity (Wildman–Crippen MR) is 26.9 cm³/mol. The molecule has 1 nitrogen and oxygen atoms in total. The van der Waals surface area contributed by atoms with Crippen molar-refractivity contribution in [3.8, 4) is 0 Å². The molecule has 31 valence electrons. The first-order valence-corrected chi connectivity index (χ1v) is 1.89. The average Bonchev–Trinajstić information content (AvgIpc) is 1.76. The fraction of sp³-hybridized carbons (Fsp3) is 0.750. The summed E-state index contributed by atoms with van der Waals surface area (Å²) in [6.45, 7) is 1.82. The van der Waals surface area contributed by atoms with Crippen LogP contribution in [0.2, 0.25) is 0 Å². The third-order valence-corrected chi connectivity index (χ3v) is 0.702. The van der Waals surface area contributed by atoms with Crippen LogP contribution in [0.4, 0.5) is 0 Å². The van der Waals surface area contributed by atoms with Gasteiger partial charge < -0.3 is 4.74 Å². The van der Waals surface area contributed by atoms with Gasteiger partial charge in [-0.25, -0.2) is 0 Å². The van der Waals surface area contributed by atoms with E-state index in [1.165, 1.54) is 0 Å². The molecule has 0 unspecified atom stereocenters. The maximum absolute atomic E-state index is 4.89. The number of rotatable bonds is 0. The van der Waals surface area contributed by atoms with E-state index in [9.17, 15) is 0 Å². The summed E-state index contributed by atoms with van der Waals surface area (Å²) < 4.78 is 4.89. The third-order valence-electron chi connectivity index (χ3n) is 0.702. The van der Waals surface area contributed by atoms with Gasteiger partial charge in [-0.05, 0) is 12.8 Å². The molecule has 1 radical (unpaired) electrons. The predicted octanol–water partition coefficient (Wildman–Crippen LogP) is -0.0375. The summed E-state index contributed by atoms with van der Waals surface area (Å²) in [4.78, 5) is 0. The SMILES string of the molecule is [CH]1CCOC1.[NaH]. The molecule has 6 heavy (non-hydrogen) atoms. The zero-order valence-corrected chi connectivity index (χ0v) is 3.11. The van der Waals surface area contributed by atoms with Crippen molar-refractivity contribution in [3.63, 3.8) is 0 Å². The van der Waals surface area contributed by atoms with Gasteiger partial charge in [0.25, 0.3) is 0 Å². The van der Waals surface area contributed by atoms with Crippen molar-refractivity contribution in [1.82, 2.24) is 0 Å². The van der Waals surface area contributed by atoms with Crippen molar-refractivity contribution in [2.24, 2.45) is 0 Å². The molecule has 0 amide bonds. The third kappa shape index (κ3) is 2.19. The van der Waals surface area contributed by atoms with Crippen LogP contribution in [-0.4, -0.2) is 42.8 Å². The van der Waals surface area contributed by atoms with Gasteiger partial charge >= 0.3 is 29.6 Å². The second-order valence-electron chi connectivity index (χ2n) is 1.15. The van der Waals surface area contributed by atoms with E-state index in [0.717, 1.165) is 19.6 Å². The Morgan fingerprint density at radius 1 is 1.50 bits per heavy atom. The minimum atomic E-state index is 0. The molecule has 0 aliphatic carbocycles. The van der Waals surface area contributed by atoms with Gasteiger partial charge in [-0.1, -0.05) is 0 Å². The van der Waals surface area contributed by atoms with E-state index in [0.29, 0.717) is 0 Å². The molecular weight excluding hydrogens is 87.0 g/mol. The Kier molecular flexibility index (Phi) is 4.79. The molecule has 1 fully saturated rings. The summed E-state index contributed by atoms with van der Waals surface area (Å²) in [7, 11) is 0. The average molecular weight is 95.1 g/mol. The standard InChI is InChI=1S/C4H7O.Na.H/c1-2-4-5-3-1;;/h1H,2-4H2;;. The Morgan fingerprint density at radius 2 is 2.33 bits per heavy atom. The molecular formula is C4H8NaO. The molecule has 1 saturated heterocycles. The second-order valence-corrected chi connectivity index (χ2v) is 1.15. The van der Waals surface area contributed by atoms with Crippen molar-refractivity contribution in [2.45, 2.75) is 6.42 Å². The zero-order valence-electron chi connectivity index (χ0n) is 3.11. The number of hydrogen-bond donors (Lipinski definition) is 0. The summed E-state index contributed by atoms with van der Waals surface area (Å²) in [5.41, 5.74) is 0. The van der Waals surface area contributed by atoms with E-state index in [-0.39, 0.29) is 29.6 Å². The molecule has 0 atom stereocenters. The Balaban J connectivity index is 0.000000250. The first-order valence-electron chi connectivity index (χ1n) is 1.89. The molecule has 0 aromatic heterocycles. The molecule has 0 N–H and O–H groups in total. The van der Waals surface area contributed by atoms with E-state index in [1.54, 1.807) is 0 Å². The Hall–Kier alpha value is 0.960. The molecule has 1 rings (SSSR count). The molecule has 1 heterocycles. The zero-order chi connectivity index (χ0) is 3.54. The van der Waals surface area contributed by atoms with E-state index < -0.39 is 0 Å². The topological polar surface area (TPSA) is 9.23 Å². The molecule has 1 aliphatic heterocycles. The van der Waals surface area contributed by atoms with Crippen molar-refractivity contribution in [3.05, 3.63) is 6.42 Å². The molecule has 1 aliphatic rings. The van der Waals surface area contributed by atoms with Crippen LogP contribution in [0.3, 0.4) is 0 Å². The summed E-state index contributed by atoms with van der Waals surface area (Å²) in [5, 5.41) is 0. The van der Waals surface area contributed by atoms with Crippen LogP contribution < -0.4 is 0 Å². The normalized spacial score (nSPS) is 20.0. The van der Waals surface area contributed by atoms with Crippen LogP contribution in [0, 0.1) is 6.42 Å². The van der Waals surface area contributed by atoms with E-state index in [2.05, 4.69) is 6.42 Å². The summed E-state index contributed by atoms with van der Waals surface area (Å²) in [6, 6.07) is 0. The van der Waals surface area contributed by atoms with Crippen molar-refractivity contribution < 1.29 is 4.74 Å². The van der Waals surface area contributed by atoms with Crippen LogP contribution in [0.25, 0.3) is 0 Å². The van der Waals surface area contributed by atoms with Crippen LogP contribution in [-0.2, 0) is 4.74 Å². The monoisotopic (exact) mass is 95.0 g/mol. The Bertz CT molecular complexity index is 19.1. The van der Waals surface area contributed by atoms with Gasteiger partial charge in [0.05, 0.1) is 0 Å². The van der Waals surface area contributed by atoms with Crippen LogP contribution in [0.1, 0.15) is 6.42 Å². The molecule has 0 bridgehead atoms. The summed E-state index contributed by atoms with van der Waals surface area (Å²) >= 11 is 0. The van der Waals surface area contributed by atoms with Crippen molar-refractivity contribution in [1.29, 1.82) is 0 Å². The Labute approximate surface area is 60.4 Å². The van der Waals surface area contributed by atoms with Gasteiger partial charge in [0.1, 0.15) is 0 Å². The van der Waals surface area contributed by atoms with E-state index in [4.69, 9.17) is 4.74 Å². The van der Waals surface area contributed by atoms with Gasteiger partial charge in [-0.3, -0.25) is 0 Å². The first-order chi connectivity index (χ1) is 2.50.